The molecule has 1 fully saturated rings. The first-order valence-corrected chi connectivity index (χ1v) is 8.96. The van der Waals surface area contributed by atoms with E-state index < -0.39 is 72.9 Å². The number of aliphatic carboxylic acids is 1. The molecule has 29 heavy (non-hydrogen) atoms. The highest BCUT2D eigenvalue weighted by Crippen LogP contribution is 2.18. The second kappa shape index (κ2) is 10.7. The van der Waals surface area contributed by atoms with Gasteiger partial charge in [0.15, 0.2) is 6.04 Å². The number of hydrogen-bond acceptors (Lipinski definition) is 8. The van der Waals surface area contributed by atoms with E-state index in [0.717, 1.165) is 6.92 Å². The summed E-state index contributed by atoms with van der Waals surface area (Å²) in [7, 11) is 0. The van der Waals surface area contributed by atoms with Gasteiger partial charge >= 0.3 is 5.97 Å². The third-order valence-electron chi connectivity index (χ3n) is 4.44. The maximum absolute atomic E-state index is 12.6. The van der Waals surface area contributed by atoms with Crippen LogP contribution in [0.3, 0.4) is 0 Å². The predicted molar refractivity (Wildman–Crippen MR) is 96.8 cm³/mol. The van der Waals surface area contributed by atoms with Gasteiger partial charge in [-0.2, -0.15) is 0 Å². The molecule has 0 aromatic carbocycles. The summed E-state index contributed by atoms with van der Waals surface area (Å²) in [5.41, 5.74) is 10.6. The normalized spacial score (nSPS) is 20.3. The van der Waals surface area contributed by atoms with Crippen molar-refractivity contribution in [3.8, 4) is 0 Å². The van der Waals surface area contributed by atoms with Gasteiger partial charge in [-0.1, -0.05) is 0 Å². The van der Waals surface area contributed by atoms with E-state index in [1.165, 1.54) is 4.90 Å². The maximum Gasteiger partial charge on any atom is 0.328 e. The van der Waals surface area contributed by atoms with Crippen molar-refractivity contribution in [1.29, 1.82) is 0 Å². The zero-order chi connectivity index (χ0) is 22.3. The number of carboxylic acid groups (broad SMARTS) is 1. The predicted octanol–water partition coefficient (Wildman–Crippen LogP) is -4.39. The third-order valence-corrected chi connectivity index (χ3v) is 4.44. The summed E-state index contributed by atoms with van der Waals surface area (Å²) in [5.74, 6) is -4.88. The first-order valence-electron chi connectivity index (χ1n) is 8.96. The smallest absolute Gasteiger partial charge is 0.328 e. The lowest BCUT2D eigenvalue weighted by Crippen LogP contribution is -2.58. The number of hydrogen-bond donors (Lipinski definition) is 7. The number of nitrogens with zero attached hydrogens (tertiary/aromatic N) is 1. The van der Waals surface area contributed by atoms with Gasteiger partial charge in [-0.15, -0.1) is 0 Å². The fourth-order valence-corrected chi connectivity index (χ4v) is 2.92. The van der Waals surface area contributed by atoms with E-state index in [9.17, 15) is 29.1 Å². The average Bonchev–Trinajstić information content (AvgIpc) is 3.12. The van der Waals surface area contributed by atoms with Crippen LogP contribution in [-0.4, -0.2) is 93.2 Å². The second-order valence-electron chi connectivity index (χ2n) is 6.78. The molecule has 0 aromatic heterocycles. The van der Waals surface area contributed by atoms with Crippen molar-refractivity contribution < 1.29 is 39.3 Å². The Kier molecular flexibility index (Phi) is 8.94. The van der Waals surface area contributed by atoms with Crippen LogP contribution in [-0.2, 0) is 24.0 Å². The Labute approximate surface area is 166 Å². The van der Waals surface area contributed by atoms with Crippen molar-refractivity contribution in [3.05, 3.63) is 0 Å². The Hall–Kier alpha value is -2.77. The van der Waals surface area contributed by atoms with Gasteiger partial charge in [0.05, 0.1) is 19.1 Å². The van der Waals surface area contributed by atoms with Gasteiger partial charge in [0.1, 0.15) is 18.1 Å². The van der Waals surface area contributed by atoms with Crippen molar-refractivity contribution in [1.82, 2.24) is 15.5 Å². The highest BCUT2D eigenvalue weighted by molar-refractivity contribution is 5.96. The molecule has 1 aliphatic heterocycles. The van der Waals surface area contributed by atoms with Crippen molar-refractivity contribution in [3.63, 3.8) is 0 Å². The number of primary amides is 1. The van der Waals surface area contributed by atoms with Gasteiger partial charge in [-0.25, -0.2) is 4.79 Å². The van der Waals surface area contributed by atoms with E-state index in [4.69, 9.17) is 21.7 Å². The fourth-order valence-electron chi connectivity index (χ4n) is 2.92. The molecular weight excluding hydrogens is 390 g/mol. The molecule has 0 bridgehead atoms. The topological polar surface area (TPSA) is 225 Å². The molecule has 1 heterocycles. The molecule has 1 aliphatic rings. The Bertz CT molecular complexity index is 655. The van der Waals surface area contributed by atoms with Crippen LogP contribution in [0.15, 0.2) is 0 Å². The van der Waals surface area contributed by atoms with Crippen LogP contribution in [0, 0.1) is 0 Å². The van der Waals surface area contributed by atoms with Gasteiger partial charge in [-0.3, -0.25) is 19.2 Å². The quantitative estimate of drug-likeness (QED) is 0.182. The molecule has 0 aromatic rings. The molecule has 0 spiro atoms. The summed E-state index contributed by atoms with van der Waals surface area (Å²) in [6.07, 6.45) is -1.31. The lowest BCUT2D eigenvalue weighted by molar-refractivity contribution is -0.145. The average molecular weight is 417 g/mol. The highest BCUT2D eigenvalue weighted by atomic mass is 16.4. The van der Waals surface area contributed by atoms with Crippen molar-refractivity contribution >= 4 is 29.6 Å². The van der Waals surface area contributed by atoms with Crippen LogP contribution < -0.4 is 22.1 Å². The number of rotatable bonds is 10. The van der Waals surface area contributed by atoms with Crippen molar-refractivity contribution in [2.75, 3.05) is 13.2 Å². The summed E-state index contributed by atoms with van der Waals surface area (Å²) >= 11 is 0. The number of amides is 4. The van der Waals surface area contributed by atoms with Gasteiger partial charge < -0.3 is 42.3 Å². The van der Waals surface area contributed by atoms with Crippen LogP contribution >= 0.6 is 0 Å². The SMILES string of the molecule is CC(O)C(NC(=O)C(CC(N)=O)NC(=O)C1CCCN1C(=O)C(N)CO)C(=O)O. The monoisotopic (exact) mass is 417 g/mol. The Morgan fingerprint density at radius 3 is 2.31 bits per heavy atom. The number of aliphatic hydroxyl groups excluding tert-OH is 2. The largest absolute Gasteiger partial charge is 0.480 e. The van der Waals surface area contributed by atoms with E-state index >= 15 is 0 Å². The molecule has 13 heteroatoms. The first-order chi connectivity index (χ1) is 13.5. The summed E-state index contributed by atoms with van der Waals surface area (Å²) in [4.78, 5) is 60.8. The molecule has 0 aliphatic carbocycles. The first kappa shape index (κ1) is 24.3. The van der Waals surface area contributed by atoms with Gasteiger partial charge in [0, 0.05) is 6.54 Å². The lowest BCUT2D eigenvalue weighted by Gasteiger charge is -2.28. The highest BCUT2D eigenvalue weighted by Gasteiger charge is 2.38. The molecule has 9 N–H and O–H groups in total. The molecule has 0 saturated carbocycles. The number of likely N-dealkylation sites (tertiary alicyclic amines) is 1. The standard InChI is InChI=1S/C16H27N5O8/c1-7(23)12(16(28)29)20-13(25)9(5-11(18)24)19-14(26)10-3-2-4-21(10)15(27)8(17)6-22/h7-10,12,22-23H,2-6,17H2,1H3,(H2,18,24)(H,19,26)(H,20,25)(H,28,29). The minimum atomic E-state index is -1.66. The lowest BCUT2D eigenvalue weighted by atomic mass is 10.1. The number of carbonyl (C=O) groups is 5. The van der Waals surface area contributed by atoms with Crippen molar-refractivity contribution in [2.45, 2.75) is 56.5 Å². The van der Waals surface area contributed by atoms with E-state index in [0.29, 0.717) is 6.42 Å². The summed E-state index contributed by atoms with van der Waals surface area (Å²) in [5, 5.41) is 31.9. The van der Waals surface area contributed by atoms with Crippen LogP contribution in [0.25, 0.3) is 0 Å². The third kappa shape index (κ3) is 6.66. The molecule has 5 unspecified atom stereocenters. The van der Waals surface area contributed by atoms with Crippen LogP contribution in [0.4, 0.5) is 0 Å². The molecule has 164 valence electrons. The Balaban J connectivity index is 2.92. The zero-order valence-corrected chi connectivity index (χ0v) is 15.9. The van der Waals surface area contributed by atoms with E-state index in [-0.39, 0.29) is 13.0 Å². The van der Waals surface area contributed by atoms with Gasteiger partial charge in [0.2, 0.25) is 23.6 Å². The van der Waals surface area contributed by atoms with Gasteiger partial charge in [-0.05, 0) is 19.8 Å². The number of carbonyl (C=O) groups excluding carboxylic acids is 4. The van der Waals surface area contributed by atoms with Gasteiger partial charge in [0.25, 0.3) is 0 Å². The zero-order valence-electron chi connectivity index (χ0n) is 15.9. The molecule has 13 nitrogen and oxygen atoms in total. The number of nitrogens with two attached hydrogens (primary N) is 2. The molecule has 5 atom stereocenters. The van der Waals surface area contributed by atoms with E-state index in [1.54, 1.807) is 0 Å². The van der Waals surface area contributed by atoms with Crippen molar-refractivity contribution in [2.24, 2.45) is 11.5 Å². The Morgan fingerprint density at radius 1 is 1.21 bits per heavy atom. The minimum absolute atomic E-state index is 0.223. The minimum Gasteiger partial charge on any atom is -0.480 e. The fraction of sp³-hybridized carbons (Fsp3) is 0.688. The number of aliphatic hydroxyl groups is 2. The van der Waals surface area contributed by atoms with E-state index in [2.05, 4.69) is 5.32 Å². The number of carboxylic acids is 1. The van der Waals surface area contributed by atoms with Crippen LogP contribution in [0.5, 0.6) is 0 Å². The number of nitrogens with one attached hydrogen (secondary N) is 2. The molecule has 0 radical (unpaired) electrons. The molecular formula is C16H27N5O8. The molecule has 1 saturated heterocycles. The molecule has 1 rings (SSSR count). The Morgan fingerprint density at radius 2 is 1.83 bits per heavy atom. The second-order valence-corrected chi connectivity index (χ2v) is 6.78. The summed E-state index contributed by atoms with van der Waals surface area (Å²) in [6.45, 7) is 0.764. The summed E-state index contributed by atoms with van der Waals surface area (Å²) < 4.78 is 0. The summed E-state index contributed by atoms with van der Waals surface area (Å²) in [6, 6.07) is -5.35. The van der Waals surface area contributed by atoms with Crippen LogP contribution in [0.2, 0.25) is 0 Å². The molecule has 4 amide bonds. The van der Waals surface area contributed by atoms with Crippen LogP contribution in [0.1, 0.15) is 26.2 Å². The maximum atomic E-state index is 12.6. The van der Waals surface area contributed by atoms with E-state index in [1.807, 2.05) is 5.32 Å².